The largest absolute Gasteiger partial charge is 0.493 e. The zero-order chi connectivity index (χ0) is 24.5. The second-order valence-corrected chi connectivity index (χ2v) is 7.97. The van der Waals surface area contributed by atoms with Gasteiger partial charge < -0.3 is 14.8 Å². The SMILES string of the molecule is C=CCc1cc(/C=C(/C#N)C(=O)Nc2ccc(C)cc2)cc(OC)c1OCc1ccc(C)cc1. The predicted molar refractivity (Wildman–Crippen MR) is 136 cm³/mol. The van der Waals surface area contributed by atoms with Gasteiger partial charge in [0.25, 0.3) is 5.91 Å². The normalized spacial score (nSPS) is 10.8. The summed E-state index contributed by atoms with van der Waals surface area (Å²) in [5, 5.41) is 12.4. The summed E-state index contributed by atoms with van der Waals surface area (Å²) in [5.74, 6) is 0.659. The molecule has 0 heterocycles. The average molecular weight is 453 g/mol. The monoisotopic (exact) mass is 452 g/mol. The molecule has 0 atom stereocenters. The van der Waals surface area contributed by atoms with E-state index in [1.54, 1.807) is 37.5 Å². The summed E-state index contributed by atoms with van der Waals surface area (Å²) in [6, 6.07) is 21.2. The lowest BCUT2D eigenvalue weighted by Crippen LogP contribution is -2.13. The van der Waals surface area contributed by atoms with Crippen LogP contribution in [0, 0.1) is 25.2 Å². The maximum atomic E-state index is 12.7. The molecule has 3 aromatic rings. The van der Waals surface area contributed by atoms with Gasteiger partial charge in [0.2, 0.25) is 0 Å². The van der Waals surface area contributed by atoms with Crippen LogP contribution < -0.4 is 14.8 Å². The molecule has 34 heavy (non-hydrogen) atoms. The van der Waals surface area contributed by atoms with Gasteiger partial charge in [-0.1, -0.05) is 53.6 Å². The van der Waals surface area contributed by atoms with Crippen LogP contribution in [-0.4, -0.2) is 13.0 Å². The van der Waals surface area contributed by atoms with Gasteiger partial charge in [0.05, 0.1) is 7.11 Å². The summed E-state index contributed by atoms with van der Waals surface area (Å²) in [5.41, 5.74) is 5.43. The highest BCUT2D eigenvalue weighted by atomic mass is 16.5. The molecular formula is C29H28N2O3. The van der Waals surface area contributed by atoms with Crippen LogP contribution in [0.4, 0.5) is 5.69 Å². The Bertz CT molecular complexity index is 1230. The van der Waals surface area contributed by atoms with Crippen LogP contribution in [0.25, 0.3) is 6.08 Å². The number of hydrogen-bond acceptors (Lipinski definition) is 4. The number of nitrogens with zero attached hydrogens (tertiary/aromatic N) is 1. The van der Waals surface area contributed by atoms with Gasteiger partial charge in [0.15, 0.2) is 11.5 Å². The molecule has 0 aromatic heterocycles. The highest BCUT2D eigenvalue weighted by Gasteiger charge is 2.15. The molecule has 0 saturated heterocycles. The van der Waals surface area contributed by atoms with Crippen molar-refractivity contribution in [1.29, 1.82) is 5.26 Å². The molecule has 0 radical (unpaired) electrons. The first kappa shape index (κ1) is 24.3. The molecular weight excluding hydrogens is 424 g/mol. The van der Waals surface area contributed by atoms with Crippen LogP contribution in [0.3, 0.4) is 0 Å². The van der Waals surface area contributed by atoms with Crippen molar-refractivity contribution in [1.82, 2.24) is 0 Å². The van der Waals surface area contributed by atoms with Crippen LogP contribution in [0.2, 0.25) is 0 Å². The second-order valence-electron chi connectivity index (χ2n) is 7.97. The number of anilines is 1. The van der Waals surface area contributed by atoms with E-state index in [-0.39, 0.29) is 5.57 Å². The first-order valence-electron chi connectivity index (χ1n) is 10.9. The van der Waals surface area contributed by atoms with E-state index in [4.69, 9.17) is 9.47 Å². The first-order chi connectivity index (χ1) is 16.4. The number of ether oxygens (including phenoxy) is 2. The van der Waals surface area contributed by atoms with Crippen molar-refractivity contribution >= 4 is 17.7 Å². The Morgan fingerprint density at radius 3 is 2.29 bits per heavy atom. The number of rotatable bonds is 9. The fraction of sp³-hybridized carbons (Fsp3) is 0.172. The molecule has 3 rings (SSSR count). The highest BCUT2D eigenvalue weighted by Crippen LogP contribution is 2.35. The number of hydrogen-bond donors (Lipinski definition) is 1. The Morgan fingerprint density at radius 1 is 1.06 bits per heavy atom. The Balaban J connectivity index is 1.88. The third-order valence-electron chi connectivity index (χ3n) is 5.23. The smallest absolute Gasteiger partial charge is 0.266 e. The summed E-state index contributed by atoms with van der Waals surface area (Å²) < 4.78 is 11.7. The second kappa shape index (κ2) is 11.5. The van der Waals surface area contributed by atoms with Crippen LogP contribution >= 0.6 is 0 Å². The molecule has 0 aliphatic heterocycles. The molecule has 5 heteroatoms. The van der Waals surface area contributed by atoms with E-state index in [2.05, 4.69) is 11.9 Å². The van der Waals surface area contributed by atoms with Gasteiger partial charge in [-0.3, -0.25) is 4.79 Å². The minimum absolute atomic E-state index is 0.0134. The van der Waals surface area contributed by atoms with Crippen molar-refractivity contribution in [3.8, 4) is 17.6 Å². The molecule has 0 unspecified atom stereocenters. The van der Waals surface area contributed by atoms with E-state index in [0.717, 1.165) is 16.7 Å². The van der Waals surface area contributed by atoms with E-state index >= 15 is 0 Å². The lowest BCUT2D eigenvalue weighted by atomic mass is 10.0. The number of benzene rings is 3. The molecule has 0 aliphatic rings. The van der Waals surface area contributed by atoms with Crippen molar-refractivity contribution in [3.05, 3.63) is 107 Å². The van der Waals surface area contributed by atoms with Crippen molar-refractivity contribution in [2.24, 2.45) is 0 Å². The molecule has 0 saturated carbocycles. The van der Waals surface area contributed by atoms with E-state index < -0.39 is 5.91 Å². The van der Waals surface area contributed by atoms with Crippen LogP contribution in [0.15, 0.2) is 78.9 Å². The minimum Gasteiger partial charge on any atom is -0.493 e. The molecule has 0 fully saturated rings. The van der Waals surface area contributed by atoms with Gasteiger partial charge >= 0.3 is 0 Å². The summed E-state index contributed by atoms with van der Waals surface area (Å²) in [7, 11) is 1.56. The molecule has 1 amide bonds. The Morgan fingerprint density at radius 2 is 1.71 bits per heavy atom. The summed E-state index contributed by atoms with van der Waals surface area (Å²) in [6.07, 6.45) is 3.86. The number of carbonyl (C=O) groups is 1. The number of methoxy groups -OCH3 is 1. The number of amides is 1. The Labute approximate surface area is 201 Å². The molecule has 3 aromatic carbocycles. The molecule has 172 valence electrons. The topological polar surface area (TPSA) is 71.4 Å². The third kappa shape index (κ3) is 6.36. The maximum Gasteiger partial charge on any atom is 0.266 e. The quantitative estimate of drug-likeness (QED) is 0.240. The highest BCUT2D eigenvalue weighted by molar-refractivity contribution is 6.09. The predicted octanol–water partition coefficient (Wildman–Crippen LogP) is 6.17. The lowest BCUT2D eigenvalue weighted by molar-refractivity contribution is -0.112. The van der Waals surface area contributed by atoms with E-state index in [1.807, 2.05) is 62.4 Å². The molecule has 0 aliphatic carbocycles. The van der Waals surface area contributed by atoms with Gasteiger partial charge in [-0.15, -0.1) is 6.58 Å². The summed E-state index contributed by atoms with van der Waals surface area (Å²) in [6.45, 7) is 8.23. The molecule has 0 bridgehead atoms. The summed E-state index contributed by atoms with van der Waals surface area (Å²) in [4.78, 5) is 12.7. The first-order valence-corrected chi connectivity index (χ1v) is 10.9. The molecule has 5 nitrogen and oxygen atoms in total. The van der Waals surface area contributed by atoms with Crippen molar-refractivity contribution in [2.75, 3.05) is 12.4 Å². The van der Waals surface area contributed by atoms with E-state index in [0.29, 0.717) is 35.8 Å². The molecule has 0 spiro atoms. The van der Waals surface area contributed by atoms with Crippen molar-refractivity contribution in [2.45, 2.75) is 26.9 Å². The van der Waals surface area contributed by atoms with Gasteiger partial charge in [-0.2, -0.15) is 5.26 Å². The number of nitrogens with one attached hydrogen (secondary N) is 1. The van der Waals surface area contributed by atoms with E-state index in [9.17, 15) is 10.1 Å². The van der Waals surface area contributed by atoms with E-state index in [1.165, 1.54) is 5.56 Å². The Hall–Kier alpha value is -4.30. The zero-order valence-corrected chi connectivity index (χ0v) is 19.7. The van der Waals surface area contributed by atoms with Gasteiger partial charge in [-0.25, -0.2) is 0 Å². The van der Waals surface area contributed by atoms with Gasteiger partial charge in [0, 0.05) is 11.3 Å². The van der Waals surface area contributed by atoms with Crippen molar-refractivity contribution in [3.63, 3.8) is 0 Å². The van der Waals surface area contributed by atoms with Gasteiger partial charge in [-0.05, 0) is 61.7 Å². The zero-order valence-electron chi connectivity index (χ0n) is 19.7. The third-order valence-corrected chi connectivity index (χ3v) is 5.23. The van der Waals surface area contributed by atoms with Crippen LogP contribution in [0.5, 0.6) is 11.5 Å². The van der Waals surface area contributed by atoms with Crippen LogP contribution in [0.1, 0.15) is 27.8 Å². The fourth-order valence-corrected chi connectivity index (χ4v) is 3.38. The summed E-state index contributed by atoms with van der Waals surface area (Å²) >= 11 is 0. The number of carbonyl (C=O) groups excluding carboxylic acids is 1. The standard InChI is InChI=1S/C29H28N2O3/c1-5-6-24-15-23(16-25(18-30)29(32)31-26-13-9-21(3)10-14-26)17-27(33-4)28(24)34-19-22-11-7-20(2)8-12-22/h5,7-17H,1,6,19H2,2-4H3,(H,31,32)/b25-16-. The average Bonchev–Trinajstić information content (AvgIpc) is 2.84. The number of aryl methyl sites for hydroxylation is 2. The fourth-order valence-electron chi connectivity index (χ4n) is 3.38. The number of allylic oxidation sites excluding steroid dienone is 1. The Kier molecular flexibility index (Phi) is 8.26. The minimum atomic E-state index is -0.477. The number of nitriles is 1. The lowest BCUT2D eigenvalue weighted by Gasteiger charge is -2.16. The van der Waals surface area contributed by atoms with Gasteiger partial charge in [0.1, 0.15) is 18.2 Å². The maximum absolute atomic E-state index is 12.7. The molecule has 1 N–H and O–H groups in total. The van der Waals surface area contributed by atoms with Crippen LogP contribution in [-0.2, 0) is 17.8 Å². The van der Waals surface area contributed by atoms with Crippen molar-refractivity contribution < 1.29 is 14.3 Å².